The number of hydrogen-bond acceptors (Lipinski definition) is 4. The first-order valence-electron chi connectivity index (χ1n) is 8.14. The van der Waals surface area contributed by atoms with Gasteiger partial charge in [-0.05, 0) is 25.5 Å². The first-order chi connectivity index (χ1) is 11.7. The summed E-state index contributed by atoms with van der Waals surface area (Å²) in [6.45, 7) is 3.19. The highest BCUT2D eigenvalue weighted by Crippen LogP contribution is 2.23. The molecule has 2 N–H and O–H groups in total. The highest BCUT2D eigenvalue weighted by molar-refractivity contribution is 5.78. The molecule has 0 spiro atoms. The number of rotatable bonds is 4. The predicted octanol–water partition coefficient (Wildman–Crippen LogP) is 2.53. The second-order valence-electron chi connectivity index (χ2n) is 6.02. The Morgan fingerprint density at radius 1 is 1.38 bits per heavy atom. The molecule has 1 aromatic carbocycles. The molecule has 1 aliphatic heterocycles. The minimum absolute atomic E-state index is 0.221. The summed E-state index contributed by atoms with van der Waals surface area (Å²) >= 11 is 0. The SMILES string of the molecule is CC(NC(=O)NCc1nnc2n1CCC2)c1cc2ccccc2o1. The molecule has 0 saturated carbocycles. The molecule has 0 aliphatic carbocycles. The molecule has 0 fully saturated rings. The van der Waals surface area contributed by atoms with E-state index in [1.807, 2.05) is 37.3 Å². The van der Waals surface area contributed by atoms with Crippen LogP contribution in [-0.2, 0) is 19.5 Å². The Labute approximate surface area is 139 Å². The summed E-state index contributed by atoms with van der Waals surface area (Å²) in [4.78, 5) is 12.1. The van der Waals surface area contributed by atoms with Crippen molar-refractivity contribution in [3.05, 3.63) is 47.7 Å². The topological polar surface area (TPSA) is 85.0 Å². The van der Waals surface area contributed by atoms with Crippen molar-refractivity contribution in [1.29, 1.82) is 0 Å². The number of urea groups is 1. The lowest BCUT2D eigenvalue weighted by atomic mass is 10.2. The van der Waals surface area contributed by atoms with Gasteiger partial charge in [0.2, 0.25) is 0 Å². The number of nitrogens with zero attached hydrogens (tertiary/aromatic N) is 3. The fourth-order valence-corrected chi connectivity index (χ4v) is 3.04. The minimum atomic E-state index is -0.252. The van der Waals surface area contributed by atoms with E-state index in [2.05, 4.69) is 25.4 Å². The highest BCUT2D eigenvalue weighted by atomic mass is 16.3. The van der Waals surface area contributed by atoms with Crippen LogP contribution < -0.4 is 10.6 Å². The van der Waals surface area contributed by atoms with Gasteiger partial charge >= 0.3 is 6.03 Å². The first-order valence-corrected chi connectivity index (χ1v) is 8.14. The van der Waals surface area contributed by atoms with Crippen molar-refractivity contribution in [3.8, 4) is 0 Å². The van der Waals surface area contributed by atoms with Crippen molar-refractivity contribution in [2.24, 2.45) is 0 Å². The summed E-state index contributed by atoms with van der Waals surface area (Å²) in [5, 5.41) is 15.0. The van der Waals surface area contributed by atoms with Crippen LogP contribution >= 0.6 is 0 Å². The molecule has 1 atom stereocenters. The summed E-state index contributed by atoms with van der Waals surface area (Å²) in [6.07, 6.45) is 2.05. The summed E-state index contributed by atoms with van der Waals surface area (Å²) in [7, 11) is 0. The summed E-state index contributed by atoms with van der Waals surface area (Å²) < 4.78 is 7.85. The van der Waals surface area contributed by atoms with Crippen molar-refractivity contribution in [2.45, 2.75) is 38.9 Å². The number of hydrogen-bond donors (Lipinski definition) is 2. The molecule has 1 aliphatic rings. The molecular formula is C17H19N5O2. The Morgan fingerprint density at radius 3 is 3.12 bits per heavy atom. The fraction of sp³-hybridized carbons (Fsp3) is 0.353. The maximum absolute atomic E-state index is 12.1. The third kappa shape index (κ3) is 2.73. The van der Waals surface area contributed by atoms with Gasteiger partial charge < -0.3 is 19.6 Å². The van der Waals surface area contributed by atoms with E-state index in [1.165, 1.54) is 0 Å². The van der Waals surface area contributed by atoms with Gasteiger partial charge in [-0.2, -0.15) is 0 Å². The zero-order valence-electron chi connectivity index (χ0n) is 13.5. The number of para-hydroxylation sites is 1. The predicted molar refractivity (Wildman–Crippen MR) is 88.3 cm³/mol. The number of aromatic nitrogens is 3. The van der Waals surface area contributed by atoms with Gasteiger partial charge in [0.15, 0.2) is 5.82 Å². The Morgan fingerprint density at radius 2 is 2.25 bits per heavy atom. The van der Waals surface area contributed by atoms with Gasteiger partial charge in [0, 0.05) is 18.4 Å². The average Bonchev–Trinajstić information content (AvgIpc) is 3.28. The lowest BCUT2D eigenvalue weighted by Gasteiger charge is -2.12. The molecule has 1 unspecified atom stereocenters. The van der Waals surface area contributed by atoms with E-state index in [0.717, 1.165) is 47.8 Å². The van der Waals surface area contributed by atoms with Crippen molar-refractivity contribution in [2.75, 3.05) is 0 Å². The maximum atomic E-state index is 12.1. The molecule has 7 nitrogen and oxygen atoms in total. The molecule has 124 valence electrons. The van der Waals surface area contributed by atoms with Gasteiger partial charge in [0.1, 0.15) is 17.2 Å². The van der Waals surface area contributed by atoms with Crippen LogP contribution in [0.5, 0.6) is 0 Å². The highest BCUT2D eigenvalue weighted by Gasteiger charge is 2.18. The molecule has 7 heteroatoms. The van der Waals surface area contributed by atoms with Crippen LogP contribution in [0, 0.1) is 0 Å². The lowest BCUT2D eigenvalue weighted by Crippen LogP contribution is -2.37. The number of benzene rings is 1. The summed E-state index contributed by atoms with van der Waals surface area (Å²) in [5.74, 6) is 2.53. The second-order valence-corrected chi connectivity index (χ2v) is 6.02. The Balaban J connectivity index is 1.36. The number of furan rings is 1. The second kappa shape index (κ2) is 5.99. The molecule has 2 amide bonds. The van der Waals surface area contributed by atoms with Crippen LogP contribution in [0.2, 0.25) is 0 Å². The standard InChI is InChI=1S/C17H19N5O2/c1-11(14-9-12-5-2-3-6-13(12)24-14)19-17(23)18-10-16-21-20-15-7-4-8-22(15)16/h2-3,5-6,9,11H,4,7-8,10H2,1H3,(H2,18,19,23). The van der Waals surface area contributed by atoms with E-state index >= 15 is 0 Å². The number of nitrogens with one attached hydrogen (secondary N) is 2. The van der Waals surface area contributed by atoms with Crippen molar-refractivity contribution in [1.82, 2.24) is 25.4 Å². The molecule has 3 aromatic rings. The third-order valence-electron chi connectivity index (χ3n) is 4.31. The molecule has 24 heavy (non-hydrogen) atoms. The molecule has 3 heterocycles. The number of carbonyl (C=O) groups excluding carboxylic acids is 1. The van der Waals surface area contributed by atoms with Crippen molar-refractivity contribution >= 4 is 17.0 Å². The van der Waals surface area contributed by atoms with Crippen LogP contribution in [0.25, 0.3) is 11.0 Å². The quantitative estimate of drug-likeness (QED) is 0.772. The van der Waals surface area contributed by atoms with Crippen LogP contribution in [0.3, 0.4) is 0 Å². The largest absolute Gasteiger partial charge is 0.459 e. The number of aryl methyl sites for hydroxylation is 1. The summed E-state index contributed by atoms with van der Waals surface area (Å²) in [6, 6.07) is 9.27. The number of fused-ring (bicyclic) bond motifs is 2. The summed E-state index contributed by atoms with van der Waals surface area (Å²) in [5.41, 5.74) is 0.820. The van der Waals surface area contributed by atoms with Gasteiger partial charge in [-0.3, -0.25) is 0 Å². The maximum Gasteiger partial charge on any atom is 0.315 e. The fourth-order valence-electron chi connectivity index (χ4n) is 3.04. The van der Waals surface area contributed by atoms with E-state index in [1.54, 1.807) is 0 Å². The van der Waals surface area contributed by atoms with E-state index in [0.29, 0.717) is 6.54 Å². The Kier molecular flexibility index (Phi) is 3.68. The van der Waals surface area contributed by atoms with Gasteiger partial charge in [-0.25, -0.2) is 4.79 Å². The molecule has 2 aromatic heterocycles. The molecule has 0 radical (unpaired) electrons. The first kappa shape index (κ1) is 14.7. The number of amides is 2. The average molecular weight is 325 g/mol. The molecule has 0 saturated heterocycles. The van der Waals surface area contributed by atoms with Crippen molar-refractivity contribution < 1.29 is 9.21 Å². The van der Waals surface area contributed by atoms with Crippen LogP contribution in [-0.4, -0.2) is 20.8 Å². The molecular weight excluding hydrogens is 306 g/mol. The number of carbonyl (C=O) groups is 1. The van der Waals surface area contributed by atoms with E-state index in [-0.39, 0.29) is 12.1 Å². The van der Waals surface area contributed by atoms with Crippen LogP contribution in [0.1, 0.15) is 36.8 Å². The zero-order valence-corrected chi connectivity index (χ0v) is 13.5. The monoisotopic (exact) mass is 325 g/mol. The van der Waals surface area contributed by atoms with Crippen LogP contribution in [0.4, 0.5) is 4.79 Å². The Bertz CT molecular complexity index is 849. The third-order valence-corrected chi connectivity index (χ3v) is 4.31. The minimum Gasteiger partial charge on any atom is -0.459 e. The van der Waals surface area contributed by atoms with E-state index in [4.69, 9.17) is 4.42 Å². The molecule has 4 rings (SSSR count). The van der Waals surface area contributed by atoms with Gasteiger partial charge in [0.25, 0.3) is 0 Å². The normalized spacial score (nSPS) is 14.5. The zero-order chi connectivity index (χ0) is 16.5. The van der Waals surface area contributed by atoms with Crippen molar-refractivity contribution in [3.63, 3.8) is 0 Å². The van der Waals surface area contributed by atoms with E-state index < -0.39 is 0 Å². The van der Waals surface area contributed by atoms with Gasteiger partial charge in [-0.1, -0.05) is 18.2 Å². The molecule has 0 bridgehead atoms. The van der Waals surface area contributed by atoms with Gasteiger partial charge in [-0.15, -0.1) is 10.2 Å². The smallest absolute Gasteiger partial charge is 0.315 e. The Hall–Kier alpha value is -2.83. The van der Waals surface area contributed by atoms with E-state index in [9.17, 15) is 4.79 Å². The van der Waals surface area contributed by atoms with Gasteiger partial charge in [0.05, 0.1) is 12.6 Å². The lowest BCUT2D eigenvalue weighted by molar-refractivity contribution is 0.235. The van der Waals surface area contributed by atoms with Crippen LogP contribution in [0.15, 0.2) is 34.7 Å².